The molecule has 0 saturated carbocycles. The third-order valence-corrected chi connectivity index (χ3v) is 4.97. The number of nitriles is 1. The van der Waals surface area contributed by atoms with Crippen LogP contribution in [0.5, 0.6) is 0 Å². The standard InChI is InChI=1S/C18H12N3.C11H8N.Ir/c1-13-10-18(16-4-2-14(11-19)3-5-16)21-12-17(13)15-6-8-20-9-7-15;1-2-6-10(7-3-1)11-8-4-5-9-12-11;/h2-4,6-10,12H,1H3;1-6,8-9H;/q2*-1;. The summed E-state index contributed by atoms with van der Waals surface area (Å²) in [6, 6.07) is 33.3. The minimum Gasteiger partial charge on any atom is -0.305 e. The molecule has 0 aliphatic carbocycles. The van der Waals surface area contributed by atoms with Crippen LogP contribution < -0.4 is 0 Å². The minimum absolute atomic E-state index is 0. The van der Waals surface area contributed by atoms with Gasteiger partial charge in [-0.1, -0.05) is 18.2 Å². The van der Waals surface area contributed by atoms with Gasteiger partial charge in [0.25, 0.3) is 0 Å². The molecule has 4 nitrogen and oxygen atoms in total. The van der Waals surface area contributed by atoms with Crippen LogP contribution >= 0.6 is 0 Å². The van der Waals surface area contributed by atoms with E-state index in [1.807, 2.05) is 72.9 Å². The molecule has 2 aromatic carbocycles. The summed E-state index contributed by atoms with van der Waals surface area (Å²) in [5.41, 5.74) is 7.69. The van der Waals surface area contributed by atoms with Crippen molar-refractivity contribution in [1.29, 1.82) is 5.26 Å². The third-order valence-electron chi connectivity index (χ3n) is 4.97. The predicted molar refractivity (Wildman–Crippen MR) is 130 cm³/mol. The molecule has 0 atom stereocenters. The van der Waals surface area contributed by atoms with Gasteiger partial charge in [-0.2, -0.15) is 0 Å². The number of nitrogens with zero attached hydrogens (tertiary/aromatic N) is 4. The summed E-state index contributed by atoms with van der Waals surface area (Å²) in [5, 5.41) is 8.81. The van der Waals surface area contributed by atoms with Crippen molar-refractivity contribution in [1.82, 2.24) is 15.0 Å². The van der Waals surface area contributed by atoms with Crippen LogP contribution in [0.4, 0.5) is 0 Å². The smallest absolute Gasteiger partial charge is 0.0476 e. The molecule has 0 aliphatic heterocycles. The zero-order valence-corrected chi connectivity index (χ0v) is 20.8. The van der Waals surface area contributed by atoms with Gasteiger partial charge in [0.15, 0.2) is 0 Å². The fourth-order valence-electron chi connectivity index (χ4n) is 3.27. The van der Waals surface area contributed by atoms with Crippen LogP contribution in [-0.4, -0.2) is 15.0 Å². The number of hydrogen-bond donors (Lipinski definition) is 0. The molecule has 0 spiro atoms. The second-order valence-electron chi connectivity index (χ2n) is 7.21. The topological polar surface area (TPSA) is 62.5 Å². The number of benzene rings is 2. The maximum atomic E-state index is 8.81. The predicted octanol–water partition coefficient (Wildman–Crippen LogP) is 6.34. The van der Waals surface area contributed by atoms with E-state index in [1.54, 1.807) is 30.7 Å². The number of aromatic nitrogens is 3. The Morgan fingerprint density at radius 3 is 2.21 bits per heavy atom. The molecular weight excluding hydrogens is 597 g/mol. The van der Waals surface area contributed by atoms with Crippen LogP contribution in [0.1, 0.15) is 11.1 Å². The molecule has 0 amide bonds. The maximum absolute atomic E-state index is 8.81. The summed E-state index contributed by atoms with van der Waals surface area (Å²) in [6.45, 7) is 2.06. The van der Waals surface area contributed by atoms with Crippen LogP contribution in [0.25, 0.3) is 33.6 Å². The third kappa shape index (κ3) is 6.30. The SMILES string of the molecule is Cc1cc(-c2[c-]cc(C#N)cc2)ncc1-c1ccncc1.[Ir].[c-]1ccccc1-c1ccccn1. The summed E-state index contributed by atoms with van der Waals surface area (Å²) in [7, 11) is 0. The molecule has 0 aliphatic rings. The quantitative estimate of drug-likeness (QED) is 0.222. The Labute approximate surface area is 213 Å². The normalized spacial score (nSPS) is 9.65. The van der Waals surface area contributed by atoms with Crippen LogP contribution in [-0.2, 0) is 20.1 Å². The van der Waals surface area contributed by atoms with Crippen molar-refractivity contribution in [2.45, 2.75) is 6.92 Å². The van der Waals surface area contributed by atoms with E-state index >= 15 is 0 Å². The van der Waals surface area contributed by atoms with Crippen molar-refractivity contribution in [3.05, 3.63) is 127 Å². The monoisotopic (exact) mass is 617 g/mol. The van der Waals surface area contributed by atoms with Crippen molar-refractivity contribution < 1.29 is 20.1 Å². The maximum Gasteiger partial charge on any atom is 0.0476 e. The van der Waals surface area contributed by atoms with Crippen LogP contribution in [0.15, 0.2) is 104 Å². The van der Waals surface area contributed by atoms with Crippen molar-refractivity contribution in [2.24, 2.45) is 0 Å². The summed E-state index contributed by atoms with van der Waals surface area (Å²) in [6.07, 6.45) is 7.20. The Hall–Kier alpha value is -3.97. The molecule has 0 unspecified atom stereocenters. The first-order chi connectivity index (χ1) is 16.2. The van der Waals surface area contributed by atoms with Gasteiger partial charge in [0, 0.05) is 56.5 Å². The van der Waals surface area contributed by atoms with E-state index in [4.69, 9.17) is 5.26 Å². The first kappa shape index (κ1) is 24.7. The zero-order valence-electron chi connectivity index (χ0n) is 18.4. The van der Waals surface area contributed by atoms with E-state index in [0.29, 0.717) is 5.56 Å². The molecule has 0 bridgehead atoms. The molecule has 5 heteroatoms. The van der Waals surface area contributed by atoms with Gasteiger partial charge < -0.3 is 9.97 Å². The first-order valence-electron chi connectivity index (χ1n) is 10.4. The fraction of sp³-hybridized carbons (Fsp3) is 0.0345. The van der Waals surface area contributed by atoms with Crippen molar-refractivity contribution in [3.8, 4) is 39.7 Å². The number of rotatable bonds is 3. The first-order valence-corrected chi connectivity index (χ1v) is 10.4. The van der Waals surface area contributed by atoms with Gasteiger partial charge in [-0.15, -0.1) is 65.7 Å². The Bertz CT molecular complexity index is 1310. The molecule has 0 saturated heterocycles. The molecule has 0 N–H and O–H groups in total. The molecule has 3 heterocycles. The Kier molecular flexibility index (Phi) is 8.94. The van der Waals surface area contributed by atoms with Gasteiger partial charge in [0.05, 0.1) is 0 Å². The van der Waals surface area contributed by atoms with E-state index in [-0.39, 0.29) is 20.1 Å². The fourth-order valence-corrected chi connectivity index (χ4v) is 3.27. The van der Waals surface area contributed by atoms with E-state index in [9.17, 15) is 0 Å². The zero-order chi connectivity index (χ0) is 22.9. The molecule has 167 valence electrons. The van der Waals surface area contributed by atoms with Gasteiger partial charge in [-0.3, -0.25) is 4.98 Å². The van der Waals surface area contributed by atoms with Crippen molar-refractivity contribution in [2.75, 3.05) is 0 Å². The summed E-state index contributed by atoms with van der Waals surface area (Å²) < 4.78 is 0. The number of pyridine rings is 3. The van der Waals surface area contributed by atoms with Crippen LogP contribution in [0, 0.1) is 30.4 Å². The summed E-state index contributed by atoms with van der Waals surface area (Å²) in [4.78, 5) is 12.8. The van der Waals surface area contributed by atoms with Gasteiger partial charge in [-0.05, 0) is 53.2 Å². The Morgan fingerprint density at radius 1 is 0.794 bits per heavy atom. The molecular formula is C29H20IrN4-2. The van der Waals surface area contributed by atoms with Crippen LogP contribution in [0.3, 0.4) is 0 Å². The Balaban J connectivity index is 0.000000212. The van der Waals surface area contributed by atoms with Crippen molar-refractivity contribution in [3.63, 3.8) is 0 Å². The average Bonchev–Trinajstić information content (AvgIpc) is 2.90. The van der Waals surface area contributed by atoms with E-state index < -0.39 is 0 Å². The van der Waals surface area contributed by atoms with Crippen molar-refractivity contribution >= 4 is 0 Å². The molecule has 34 heavy (non-hydrogen) atoms. The Morgan fingerprint density at radius 2 is 1.59 bits per heavy atom. The summed E-state index contributed by atoms with van der Waals surface area (Å²) >= 11 is 0. The van der Waals surface area contributed by atoms with E-state index in [0.717, 1.165) is 39.2 Å². The second kappa shape index (κ2) is 12.3. The van der Waals surface area contributed by atoms with Gasteiger partial charge in [0.1, 0.15) is 0 Å². The molecule has 5 rings (SSSR count). The number of hydrogen-bond acceptors (Lipinski definition) is 4. The molecule has 5 aromatic rings. The minimum atomic E-state index is 0. The second-order valence-corrected chi connectivity index (χ2v) is 7.21. The molecule has 0 fully saturated rings. The molecule has 1 radical (unpaired) electrons. The largest absolute Gasteiger partial charge is 0.305 e. The van der Waals surface area contributed by atoms with Gasteiger partial charge >= 0.3 is 0 Å². The van der Waals surface area contributed by atoms with Gasteiger partial charge in [0.2, 0.25) is 0 Å². The van der Waals surface area contributed by atoms with Crippen LogP contribution in [0.2, 0.25) is 0 Å². The van der Waals surface area contributed by atoms with Gasteiger partial charge in [-0.25, -0.2) is 5.26 Å². The summed E-state index contributed by atoms with van der Waals surface area (Å²) in [5.74, 6) is 0. The van der Waals surface area contributed by atoms with E-state index in [2.05, 4.69) is 40.1 Å². The number of aryl methyl sites for hydroxylation is 1. The van der Waals surface area contributed by atoms with E-state index in [1.165, 1.54) is 0 Å². The molecule has 3 aromatic heterocycles. The average molecular weight is 617 g/mol.